The number of hydrogen-bond acceptors (Lipinski definition) is 11. The molecule has 0 heterocycles. The fraction of sp³-hybridized carbons (Fsp3) is 0.517. The molecule has 9 N–H and O–H groups in total. The van der Waals surface area contributed by atoms with Crippen LogP contribution in [0.1, 0.15) is 48.7 Å². The molecule has 0 aliphatic heterocycles. The number of rotatable bonds is 6. The summed E-state index contributed by atoms with van der Waals surface area (Å²) in [6.07, 6.45) is 0.158. The van der Waals surface area contributed by atoms with E-state index in [1.54, 1.807) is 39.2 Å². The number of aliphatic hydroxyl groups is 3. The van der Waals surface area contributed by atoms with Gasteiger partial charge in [-0.25, -0.2) is 10.2 Å². The molecule has 4 atom stereocenters. The number of primary amides is 1. The molecule has 43 heavy (non-hydrogen) atoms. The minimum Gasteiger partial charge on any atom is -0.510 e. The van der Waals surface area contributed by atoms with Crippen LogP contribution in [0.4, 0.5) is 10.5 Å². The zero-order valence-corrected chi connectivity index (χ0v) is 25.3. The molecule has 14 nitrogen and oxygen atoms in total. The number of aliphatic hydroxyl groups excluding tert-OH is 2. The number of hydrogen-bond donors (Lipinski definition) is 8. The number of likely N-dealkylation sites (N-methyl/N-ethyl adjacent to an activating group) is 1. The molecule has 3 aliphatic rings. The summed E-state index contributed by atoms with van der Waals surface area (Å²) < 4.78 is 0. The predicted octanol–water partition coefficient (Wildman–Crippen LogP) is 0.289. The number of anilines is 1. The standard InChI is InChI=1S/C29H40N6O8/c1-28(2,3)32-27(42)33-31-11-13-10-16(34(4)5)14-8-12-9-15-20(35(6)7)23(38)19(26(30)41)25(40)29(15,43)24(39)17(12)22(37)18(14)21(13)36/h10,12,15,20,31,36,38-39,43H,8-9,11H2,1-7H3,(H2,30,41)(H2,32,33,42)/t12-,15-,20-,29-/m0/s1. The highest BCUT2D eigenvalue weighted by Gasteiger charge is 2.63. The summed E-state index contributed by atoms with van der Waals surface area (Å²) in [4.78, 5) is 55.2. The van der Waals surface area contributed by atoms with Crippen molar-refractivity contribution in [1.82, 2.24) is 21.1 Å². The summed E-state index contributed by atoms with van der Waals surface area (Å²) in [5.41, 5.74) is 7.56. The number of amides is 3. The summed E-state index contributed by atoms with van der Waals surface area (Å²) in [5.74, 6) is -7.09. The van der Waals surface area contributed by atoms with Crippen LogP contribution >= 0.6 is 0 Å². The minimum absolute atomic E-state index is 0.00446. The Bertz CT molecular complexity index is 1470. The van der Waals surface area contributed by atoms with Crippen LogP contribution in [0.25, 0.3) is 0 Å². The van der Waals surface area contributed by atoms with Gasteiger partial charge in [0.1, 0.15) is 22.8 Å². The number of nitrogens with zero attached hydrogens (tertiary/aromatic N) is 2. The maximum absolute atomic E-state index is 14.1. The summed E-state index contributed by atoms with van der Waals surface area (Å²) in [6, 6.07) is 0.121. The second-order valence-electron chi connectivity index (χ2n) is 12.8. The quantitative estimate of drug-likeness (QED) is 0.164. The second-order valence-corrected chi connectivity index (χ2v) is 12.8. The average Bonchev–Trinajstić information content (AvgIpc) is 2.85. The van der Waals surface area contributed by atoms with Gasteiger partial charge in [-0.2, -0.15) is 0 Å². The van der Waals surface area contributed by atoms with Crippen LogP contribution in [0.3, 0.4) is 0 Å². The molecule has 0 fully saturated rings. The first-order valence-electron chi connectivity index (χ1n) is 13.8. The molecule has 0 spiro atoms. The molecule has 0 bridgehead atoms. The van der Waals surface area contributed by atoms with Crippen LogP contribution in [0.15, 0.2) is 28.7 Å². The first-order valence-corrected chi connectivity index (χ1v) is 13.8. The van der Waals surface area contributed by atoms with Gasteiger partial charge in [0, 0.05) is 48.9 Å². The number of fused-ring (bicyclic) bond motifs is 3. The average molecular weight is 601 g/mol. The van der Waals surface area contributed by atoms with Gasteiger partial charge in [0.05, 0.1) is 11.6 Å². The number of Topliss-reactive ketones (excluding diaryl/α,β-unsaturated/α-hetero) is 2. The van der Waals surface area contributed by atoms with Crippen LogP contribution < -0.4 is 26.8 Å². The van der Waals surface area contributed by atoms with E-state index in [-0.39, 0.29) is 41.8 Å². The van der Waals surface area contributed by atoms with E-state index < -0.39 is 69.6 Å². The lowest BCUT2D eigenvalue weighted by atomic mass is 9.58. The Labute approximate surface area is 249 Å². The number of urea groups is 1. The van der Waals surface area contributed by atoms with Crippen molar-refractivity contribution in [2.45, 2.75) is 57.3 Å². The Morgan fingerprint density at radius 1 is 1.12 bits per heavy atom. The van der Waals surface area contributed by atoms with Crippen molar-refractivity contribution in [1.29, 1.82) is 0 Å². The molecular weight excluding hydrogens is 560 g/mol. The number of nitrogens with one attached hydrogen (secondary N) is 3. The van der Waals surface area contributed by atoms with Crippen LogP contribution in [-0.4, -0.2) is 94.2 Å². The number of aromatic hydroxyl groups is 1. The number of benzene rings is 1. The SMILES string of the molecule is CN(C)c1cc(CNNC(=O)NC(C)(C)C)c(O)c2c1C[C@H]1C[C@H]3[C@H](N(C)C)C(O)=C(C(N)=O)C(=O)[C@@]3(O)C(O)=C1C2=O. The lowest BCUT2D eigenvalue weighted by Crippen LogP contribution is -2.63. The van der Waals surface area contributed by atoms with Crippen molar-refractivity contribution < 1.29 is 39.6 Å². The molecule has 0 saturated carbocycles. The fourth-order valence-electron chi connectivity index (χ4n) is 6.48. The first-order chi connectivity index (χ1) is 19.8. The van der Waals surface area contributed by atoms with E-state index >= 15 is 0 Å². The third kappa shape index (κ3) is 5.19. The number of phenols is 1. The molecule has 0 aromatic heterocycles. The Morgan fingerprint density at radius 3 is 2.28 bits per heavy atom. The van der Waals surface area contributed by atoms with Gasteiger partial charge in [-0.3, -0.25) is 24.7 Å². The Balaban J connectivity index is 1.81. The largest absolute Gasteiger partial charge is 0.510 e. The summed E-state index contributed by atoms with van der Waals surface area (Å²) in [6.45, 7) is 5.37. The molecule has 1 aromatic rings. The zero-order valence-electron chi connectivity index (χ0n) is 25.3. The van der Waals surface area contributed by atoms with Crippen molar-refractivity contribution in [3.63, 3.8) is 0 Å². The van der Waals surface area contributed by atoms with Gasteiger partial charge in [-0.1, -0.05) is 0 Å². The van der Waals surface area contributed by atoms with Crippen LogP contribution in [0.2, 0.25) is 0 Å². The number of carbonyl (C=O) groups is 4. The summed E-state index contributed by atoms with van der Waals surface area (Å²) >= 11 is 0. The first kappa shape index (κ1) is 31.8. The van der Waals surface area contributed by atoms with Gasteiger partial charge in [-0.15, -0.1) is 0 Å². The molecule has 3 amide bonds. The molecule has 0 saturated heterocycles. The maximum Gasteiger partial charge on any atom is 0.329 e. The highest BCUT2D eigenvalue weighted by atomic mass is 16.3. The Hall–Kier alpha value is -4.14. The van der Waals surface area contributed by atoms with E-state index in [9.17, 15) is 39.6 Å². The molecule has 14 heteroatoms. The third-order valence-corrected chi connectivity index (χ3v) is 8.23. The van der Waals surface area contributed by atoms with Gasteiger partial charge in [0.2, 0.25) is 5.78 Å². The van der Waals surface area contributed by atoms with Crippen molar-refractivity contribution in [3.8, 4) is 5.75 Å². The summed E-state index contributed by atoms with van der Waals surface area (Å²) in [5, 5.41) is 48.2. The number of carbonyl (C=O) groups excluding carboxylic acids is 4. The van der Waals surface area contributed by atoms with Gasteiger partial charge in [-0.05, 0) is 65.3 Å². The number of allylic oxidation sites excluding steroid dienone is 1. The molecule has 1 aromatic carbocycles. The maximum atomic E-state index is 14.1. The Kier molecular flexibility index (Phi) is 8.02. The van der Waals surface area contributed by atoms with Crippen molar-refractivity contribution in [2.24, 2.45) is 17.6 Å². The molecular formula is C29H40N6O8. The lowest BCUT2D eigenvalue weighted by Gasteiger charge is -2.50. The number of nitrogens with two attached hydrogens (primary N) is 1. The highest BCUT2D eigenvalue weighted by molar-refractivity contribution is 6.25. The highest BCUT2D eigenvalue weighted by Crippen LogP contribution is 2.53. The van der Waals surface area contributed by atoms with E-state index in [4.69, 9.17) is 5.73 Å². The lowest BCUT2D eigenvalue weighted by molar-refractivity contribution is -0.148. The number of ketones is 2. The zero-order chi connectivity index (χ0) is 32.3. The van der Waals surface area contributed by atoms with Gasteiger partial charge >= 0.3 is 6.03 Å². The third-order valence-electron chi connectivity index (χ3n) is 8.23. The van der Waals surface area contributed by atoms with E-state index in [1.165, 1.54) is 4.90 Å². The van der Waals surface area contributed by atoms with E-state index in [1.807, 2.05) is 20.8 Å². The molecule has 0 radical (unpaired) electrons. The fourth-order valence-corrected chi connectivity index (χ4v) is 6.48. The number of phenolic OH excluding ortho intramolecular Hbond substituents is 1. The topological polar surface area (TPSA) is 218 Å². The van der Waals surface area contributed by atoms with Gasteiger partial charge in [0.15, 0.2) is 11.4 Å². The minimum atomic E-state index is -2.71. The van der Waals surface area contributed by atoms with Gasteiger partial charge < -0.3 is 36.4 Å². The normalized spacial score (nSPS) is 25.3. The summed E-state index contributed by atoms with van der Waals surface area (Å²) in [7, 11) is 6.68. The monoisotopic (exact) mass is 600 g/mol. The van der Waals surface area contributed by atoms with Crippen LogP contribution in [-0.2, 0) is 22.6 Å². The van der Waals surface area contributed by atoms with Gasteiger partial charge in [0.25, 0.3) is 5.91 Å². The number of hydrazine groups is 1. The Morgan fingerprint density at radius 2 is 1.74 bits per heavy atom. The van der Waals surface area contributed by atoms with E-state index in [2.05, 4.69) is 16.2 Å². The van der Waals surface area contributed by atoms with Crippen molar-refractivity contribution in [2.75, 3.05) is 33.1 Å². The van der Waals surface area contributed by atoms with Crippen LogP contribution in [0.5, 0.6) is 5.75 Å². The molecule has 4 rings (SSSR count). The van der Waals surface area contributed by atoms with Crippen molar-refractivity contribution in [3.05, 3.63) is 45.4 Å². The molecule has 234 valence electrons. The molecule has 0 unspecified atom stereocenters. The van der Waals surface area contributed by atoms with Crippen LogP contribution in [0, 0.1) is 11.8 Å². The second kappa shape index (κ2) is 10.8. The molecule has 3 aliphatic carbocycles. The predicted molar refractivity (Wildman–Crippen MR) is 156 cm³/mol. The van der Waals surface area contributed by atoms with Crippen molar-refractivity contribution >= 4 is 29.2 Å². The van der Waals surface area contributed by atoms with E-state index in [0.717, 1.165) is 0 Å². The smallest absolute Gasteiger partial charge is 0.329 e. The van der Waals surface area contributed by atoms with E-state index in [0.29, 0.717) is 11.3 Å².